The molecule has 0 aliphatic heterocycles. The van der Waals surface area contributed by atoms with E-state index in [1.807, 2.05) is 30.3 Å². The summed E-state index contributed by atoms with van der Waals surface area (Å²) in [6, 6.07) is 9.82. The molecule has 1 aromatic heterocycles. The van der Waals surface area contributed by atoms with E-state index in [1.54, 1.807) is 0 Å². The van der Waals surface area contributed by atoms with Crippen LogP contribution >= 0.6 is 0 Å². The highest BCUT2D eigenvalue weighted by Crippen LogP contribution is 2.21. The first-order valence-electron chi connectivity index (χ1n) is 6.62. The zero-order chi connectivity index (χ0) is 12.4. The third kappa shape index (κ3) is 2.26. The largest absolute Gasteiger partial charge is 0.451 e. The summed E-state index contributed by atoms with van der Waals surface area (Å²) in [5.41, 5.74) is 0.770. The average molecular weight is 243 g/mol. The highest BCUT2D eigenvalue weighted by Gasteiger charge is 2.18. The fraction of sp³-hybridized carbons (Fsp3) is 0.400. The number of rotatable bonds is 2. The Labute approximate surface area is 106 Å². The molecule has 1 amide bonds. The van der Waals surface area contributed by atoms with E-state index in [1.165, 1.54) is 19.3 Å². The average Bonchev–Trinajstić information content (AvgIpc) is 2.84. The molecule has 3 heteroatoms. The first-order valence-corrected chi connectivity index (χ1v) is 6.62. The molecule has 1 saturated carbocycles. The number of hydrogen-bond acceptors (Lipinski definition) is 2. The number of hydrogen-bond donors (Lipinski definition) is 1. The lowest BCUT2D eigenvalue weighted by Crippen LogP contribution is -2.35. The second-order valence-electron chi connectivity index (χ2n) is 4.96. The Bertz CT molecular complexity index is 519. The van der Waals surface area contributed by atoms with Crippen molar-refractivity contribution in [3.63, 3.8) is 0 Å². The van der Waals surface area contributed by atoms with Gasteiger partial charge < -0.3 is 9.73 Å². The summed E-state index contributed by atoms with van der Waals surface area (Å²) in [5.74, 6) is 0.333. The monoisotopic (exact) mass is 243 g/mol. The van der Waals surface area contributed by atoms with Gasteiger partial charge in [0.15, 0.2) is 5.76 Å². The molecule has 18 heavy (non-hydrogen) atoms. The van der Waals surface area contributed by atoms with Crippen molar-refractivity contribution in [3.8, 4) is 0 Å². The predicted molar refractivity (Wildman–Crippen MR) is 70.6 cm³/mol. The summed E-state index contributed by atoms with van der Waals surface area (Å²) >= 11 is 0. The van der Waals surface area contributed by atoms with Crippen LogP contribution in [0.25, 0.3) is 11.0 Å². The van der Waals surface area contributed by atoms with Gasteiger partial charge in [-0.25, -0.2) is 0 Å². The Hall–Kier alpha value is -1.77. The van der Waals surface area contributed by atoms with Crippen LogP contribution in [0.4, 0.5) is 0 Å². The van der Waals surface area contributed by atoms with Crippen LogP contribution in [0.1, 0.15) is 42.7 Å². The smallest absolute Gasteiger partial charge is 0.287 e. The standard InChI is InChI=1S/C15H17NO2/c17-15(16-12-7-2-1-3-8-12)14-10-11-6-4-5-9-13(11)18-14/h4-6,9-10,12H,1-3,7-8H2,(H,16,17). The normalized spacial score (nSPS) is 16.9. The van der Waals surface area contributed by atoms with E-state index in [4.69, 9.17) is 4.42 Å². The summed E-state index contributed by atoms with van der Waals surface area (Å²) in [4.78, 5) is 12.1. The molecule has 3 rings (SSSR count). The van der Waals surface area contributed by atoms with Gasteiger partial charge in [0.05, 0.1) is 0 Å². The summed E-state index contributed by atoms with van der Waals surface area (Å²) < 4.78 is 5.56. The minimum atomic E-state index is -0.0851. The molecule has 1 N–H and O–H groups in total. The van der Waals surface area contributed by atoms with Crippen LogP contribution in [-0.2, 0) is 0 Å². The fourth-order valence-electron chi connectivity index (χ4n) is 2.60. The molecule has 0 saturated heterocycles. The van der Waals surface area contributed by atoms with Gasteiger partial charge in [0.25, 0.3) is 5.91 Å². The third-order valence-electron chi connectivity index (χ3n) is 3.59. The van der Waals surface area contributed by atoms with E-state index in [2.05, 4.69) is 5.32 Å². The highest BCUT2D eigenvalue weighted by molar-refractivity contribution is 5.96. The molecule has 1 heterocycles. The number of amides is 1. The molecule has 0 atom stereocenters. The van der Waals surface area contributed by atoms with Gasteiger partial charge in [-0.15, -0.1) is 0 Å². The molecule has 1 aromatic carbocycles. The van der Waals surface area contributed by atoms with Crippen molar-refractivity contribution in [1.82, 2.24) is 5.32 Å². The van der Waals surface area contributed by atoms with Crippen molar-refractivity contribution in [2.75, 3.05) is 0 Å². The molecule has 1 aliphatic carbocycles. The first kappa shape index (κ1) is 11.3. The van der Waals surface area contributed by atoms with Crippen molar-refractivity contribution in [2.45, 2.75) is 38.1 Å². The number of carbonyl (C=O) groups is 1. The van der Waals surface area contributed by atoms with Gasteiger partial charge in [-0.3, -0.25) is 4.79 Å². The van der Waals surface area contributed by atoms with E-state index >= 15 is 0 Å². The SMILES string of the molecule is O=C(NC1CCCCC1)c1cc2ccccc2o1. The Morgan fingerprint density at radius 1 is 1.17 bits per heavy atom. The van der Waals surface area contributed by atoms with Crippen LogP contribution in [0.15, 0.2) is 34.7 Å². The zero-order valence-electron chi connectivity index (χ0n) is 10.3. The lowest BCUT2D eigenvalue weighted by molar-refractivity contribution is 0.0902. The van der Waals surface area contributed by atoms with Crippen LogP contribution in [0.5, 0.6) is 0 Å². The number of carbonyl (C=O) groups excluding carboxylic acids is 1. The zero-order valence-corrected chi connectivity index (χ0v) is 10.3. The maximum atomic E-state index is 12.1. The molecule has 0 unspecified atom stereocenters. The van der Waals surface area contributed by atoms with Crippen LogP contribution in [-0.4, -0.2) is 11.9 Å². The van der Waals surface area contributed by atoms with Crippen molar-refractivity contribution >= 4 is 16.9 Å². The molecule has 2 aromatic rings. The number of furan rings is 1. The number of para-hydroxylation sites is 1. The molecule has 0 radical (unpaired) electrons. The molecule has 94 valence electrons. The van der Waals surface area contributed by atoms with Crippen LogP contribution < -0.4 is 5.32 Å². The predicted octanol–water partition coefficient (Wildman–Crippen LogP) is 3.50. The molecular weight excluding hydrogens is 226 g/mol. The van der Waals surface area contributed by atoms with Crippen LogP contribution in [0.3, 0.4) is 0 Å². The number of benzene rings is 1. The van der Waals surface area contributed by atoms with Gasteiger partial charge in [0, 0.05) is 11.4 Å². The van der Waals surface area contributed by atoms with Crippen molar-refractivity contribution in [1.29, 1.82) is 0 Å². The topological polar surface area (TPSA) is 42.2 Å². The van der Waals surface area contributed by atoms with Crippen molar-refractivity contribution in [2.24, 2.45) is 0 Å². The first-order chi connectivity index (χ1) is 8.83. The number of fused-ring (bicyclic) bond motifs is 1. The summed E-state index contributed by atoms with van der Waals surface area (Å²) in [7, 11) is 0. The van der Waals surface area contributed by atoms with Gasteiger partial charge in [-0.2, -0.15) is 0 Å². The van der Waals surface area contributed by atoms with E-state index in [-0.39, 0.29) is 5.91 Å². The maximum absolute atomic E-state index is 12.1. The molecule has 3 nitrogen and oxygen atoms in total. The molecule has 1 fully saturated rings. The summed E-state index contributed by atoms with van der Waals surface area (Å²) in [6.45, 7) is 0. The lowest BCUT2D eigenvalue weighted by atomic mass is 9.95. The Balaban J connectivity index is 1.74. The van der Waals surface area contributed by atoms with E-state index < -0.39 is 0 Å². The Morgan fingerprint density at radius 2 is 1.94 bits per heavy atom. The second-order valence-corrected chi connectivity index (χ2v) is 4.96. The van der Waals surface area contributed by atoms with Gasteiger partial charge in [0.1, 0.15) is 5.58 Å². The van der Waals surface area contributed by atoms with Gasteiger partial charge in [-0.05, 0) is 25.0 Å². The maximum Gasteiger partial charge on any atom is 0.287 e. The minimum Gasteiger partial charge on any atom is -0.451 e. The van der Waals surface area contributed by atoms with E-state index in [9.17, 15) is 4.79 Å². The van der Waals surface area contributed by atoms with Gasteiger partial charge >= 0.3 is 0 Å². The Kier molecular flexibility index (Phi) is 3.05. The molecular formula is C15H17NO2. The van der Waals surface area contributed by atoms with Gasteiger partial charge in [0.2, 0.25) is 0 Å². The van der Waals surface area contributed by atoms with Crippen molar-refractivity contribution in [3.05, 3.63) is 36.1 Å². The molecule has 0 bridgehead atoms. The van der Waals surface area contributed by atoms with E-state index in [0.717, 1.165) is 23.8 Å². The summed E-state index contributed by atoms with van der Waals surface area (Å²) in [5, 5.41) is 4.04. The Morgan fingerprint density at radius 3 is 2.72 bits per heavy atom. The fourth-order valence-corrected chi connectivity index (χ4v) is 2.60. The number of nitrogens with one attached hydrogen (secondary N) is 1. The highest BCUT2D eigenvalue weighted by atomic mass is 16.3. The molecule has 1 aliphatic rings. The second kappa shape index (κ2) is 4.84. The lowest BCUT2D eigenvalue weighted by Gasteiger charge is -2.22. The third-order valence-corrected chi connectivity index (χ3v) is 3.59. The van der Waals surface area contributed by atoms with Crippen LogP contribution in [0.2, 0.25) is 0 Å². The minimum absolute atomic E-state index is 0.0851. The van der Waals surface area contributed by atoms with E-state index in [0.29, 0.717) is 11.8 Å². The summed E-state index contributed by atoms with van der Waals surface area (Å²) in [6.07, 6.45) is 5.89. The molecule has 0 spiro atoms. The van der Waals surface area contributed by atoms with Crippen LogP contribution in [0, 0.1) is 0 Å². The van der Waals surface area contributed by atoms with Gasteiger partial charge in [-0.1, -0.05) is 37.5 Å². The quantitative estimate of drug-likeness (QED) is 0.877. The van der Waals surface area contributed by atoms with Crippen molar-refractivity contribution < 1.29 is 9.21 Å².